The summed E-state index contributed by atoms with van der Waals surface area (Å²) in [4.78, 5) is 55.9. The Kier molecular flexibility index (Phi) is 6.42. The van der Waals surface area contributed by atoms with Crippen molar-refractivity contribution in [1.29, 1.82) is 0 Å². The van der Waals surface area contributed by atoms with Gasteiger partial charge in [-0.2, -0.15) is 13.6 Å². The molecule has 2 aliphatic rings. The number of anilines is 1. The van der Waals surface area contributed by atoms with Crippen LogP contribution in [0.2, 0.25) is 0 Å². The van der Waals surface area contributed by atoms with Crippen LogP contribution >= 0.6 is 23.5 Å². The van der Waals surface area contributed by atoms with E-state index in [-0.39, 0.29) is 11.9 Å². The lowest BCUT2D eigenvalue weighted by molar-refractivity contribution is -0.0424. The van der Waals surface area contributed by atoms with Gasteiger partial charge >= 0.3 is 29.0 Å². The summed E-state index contributed by atoms with van der Waals surface area (Å²) in [5.74, 6) is 0.344. The van der Waals surface area contributed by atoms with E-state index >= 15 is 0 Å². The first-order chi connectivity index (χ1) is 15.2. The number of aliphatic hydroxyl groups is 1. The molecule has 0 radical (unpaired) electrons. The molecule has 0 saturated carbocycles. The van der Waals surface area contributed by atoms with E-state index < -0.39 is 54.1 Å². The van der Waals surface area contributed by atoms with Gasteiger partial charge in [0, 0.05) is 19.5 Å². The first kappa shape index (κ1) is 24.6. The van der Waals surface area contributed by atoms with Crippen molar-refractivity contribution >= 4 is 40.6 Å². The minimum atomic E-state index is -5.66. The fourth-order valence-corrected chi connectivity index (χ4v) is 6.46. The smallest absolute Gasteiger partial charge is 0.390 e. The molecule has 0 aliphatic carbocycles. The Morgan fingerprint density at radius 1 is 1.18 bits per heavy atom. The number of rotatable bonds is 8. The zero-order valence-electron chi connectivity index (χ0n) is 16.3. The van der Waals surface area contributed by atoms with Gasteiger partial charge < -0.3 is 34.7 Å². The van der Waals surface area contributed by atoms with E-state index in [4.69, 9.17) is 14.5 Å². The minimum absolute atomic E-state index is 0.0326. The Morgan fingerprint density at radius 2 is 1.91 bits per heavy atom. The molecule has 2 aliphatic heterocycles. The first-order valence-corrected chi connectivity index (χ1v) is 13.6. The maximum absolute atomic E-state index is 12.2. The second-order valence-electron chi connectivity index (χ2n) is 6.96. The highest BCUT2D eigenvalue weighted by Crippen LogP contribution is 2.66. The third-order valence-corrected chi connectivity index (χ3v) is 8.44. The number of hydrogen-bond acceptors (Lipinski definition) is 12. The molecule has 2 aromatic rings. The molecule has 1 saturated heterocycles. The van der Waals surface area contributed by atoms with E-state index in [1.54, 1.807) is 4.57 Å². The van der Waals surface area contributed by atoms with Gasteiger partial charge in [-0.3, -0.25) is 18.5 Å². The van der Waals surface area contributed by atoms with Crippen LogP contribution in [0.25, 0.3) is 11.2 Å². The highest BCUT2D eigenvalue weighted by Gasteiger charge is 2.43. The molecule has 2 unspecified atom stereocenters. The van der Waals surface area contributed by atoms with Gasteiger partial charge in [0.25, 0.3) is 0 Å². The lowest BCUT2D eigenvalue weighted by Gasteiger charge is -2.19. The van der Waals surface area contributed by atoms with Gasteiger partial charge in [-0.15, -0.1) is 0 Å². The third kappa shape index (κ3) is 5.43. The molecule has 18 nitrogen and oxygen atoms in total. The second kappa shape index (κ2) is 8.61. The largest absolute Gasteiger partial charge is 0.490 e. The Hall–Kier alpha value is -1.52. The zero-order chi connectivity index (χ0) is 24.2. The van der Waals surface area contributed by atoms with Crippen LogP contribution in [0.4, 0.5) is 5.95 Å². The average Bonchev–Trinajstić information content (AvgIpc) is 3.34. The van der Waals surface area contributed by atoms with Crippen molar-refractivity contribution in [3.8, 4) is 0 Å². The predicted molar refractivity (Wildman–Crippen MR) is 105 cm³/mol. The van der Waals surface area contributed by atoms with Crippen LogP contribution in [0.3, 0.4) is 0 Å². The summed E-state index contributed by atoms with van der Waals surface area (Å²) < 4.78 is 54.5. The number of fused-ring (bicyclic) bond motifs is 3. The first-order valence-electron chi connectivity index (χ1n) is 9.08. The van der Waals surface area contributed by atoms with Crippen molar-refractivity contribution in [2.45, 2.75) is 31.4 Å². The standard InChI is InChI=1S/C12H18N5O13P3/c18-6-3-8(17-5-14-9-10(19)15-12-13-1-2-16(12)11(9)17)28-7(6)4-27-32(23,24)30-33(25,26)29-31(20,21)22/h5-8,18H,1-4H2,(H,23,24)(H,25,26)(H,13,15,19)(H2,20,21,22)/t6-,7+,8+/m0/s1. The lowest BCUT2D eigenvalue weighted by atomic mass is 10.2. The quantitative estimate of drug-likeness (QED) is 0.223. The topological polar surface area (TPSA) is 254 Å². The number of nitrogens with one attached hydrogen (secondary N) is 1. The SMILES string of the molecule is O=c1nc2n(c3c1ncn3[C@H]1C[C@H](O)[C@@H](COP(=O)(O)OP(=O)(O)OP(=O)(O)O)O1)CCN2. The number of phosphoric acid groups is 3. The molecule has 21 heteroatoms. The number of phosphoric ester groups is 1. The number of aromatic nitrogens is 4. The van der Waals surface area contributed by atoms with E-state index in [1.807, 2.05) is 0 Å². The van der Waals surface area contributed by atoms with Crippen LogP contribution in [0.1, 0.15) is 12.6 Å². The number of hydrogen-bond donors (Lipinski definition) is 6. The van der Waals surface area contributed by atoms with Gasteiger partial charge in [0.15, 0.2) is 11.2 Å². The lowest BCUT2D eigenvalue weighted by Crippen LogP contribution is -2.26. The molecule has 0 spiro atoms. The molecule has 33 heavy (non-hydrogen) atoms. The van der Waals surface area contributed by atoms with Crippen molar-refractivity contribution in [2.75, 3.05) is 18.5 Å². The van der Waals surface area contributed by atoms with Crippen molar-refractivity contribution in [3.05, 3.63) is 16.7 Å². The highest BCUT2D eigenvalue weighted by atomic mass is 31.3. The summed E-state index contributed by atoms with van der Waals surface area (Å²) >= 11 is 0. The normalized spacial score (nSPS) is 26.6. The second-order valence-corrected chi connectivity index (χ2v) is 11.4. The molecule has 4 heterocycles. The van der Waals surface area contributed by atoms with Gasteiger partial charge in [-0.05, 0) is 0 Å². The van der Waals surface area contributed by atoms with E-state index in [9.17, 15) is 33.4 Å². The van der Waals surface area contributed by atoms with Crippen molar-refractivity contribution < 1.29 is 56.3 Å². The fourth-order valence-electron chi connectivity index (χ4n) is 3.43. The monoisotopic (exact) mass is 533 g/mol. The summed E-state index contributed by atoms with van der Waals surface area (Å²) in [6.07, 6.45) is -2.03. The molecule has 0 bridgehead atoms. The van der Waals surface area contributed by atoms with Crippen LogP contribution in [-0.4, -0.2) is 69.1 Å². The van der Waals surface area contributed by atoms with Crippen molar-refractivity contribution in [1.82, 2.24) is 19.1 Å². The molecule has 2 aromatic heterocycles. The molecular formula is C12H18N5O13P3. The Morgan fingerprint density at radius 3 is 2.61 bits per heavy atom. The van der Waals surface area contributed by atoms with Crippen molar-refractivity contribution in [2.24, 2.45) is 0 Å². The Bertz CT molecular complexity index is 1270. The molecule has 0 amide bonds. The average molecular weight is 533 g/mol. The van der Waals surface area contributed by atoms with E-state index in [1.165, 1.54) is 10.9 Å². The van der Waals surface area contributed by atoms with Crippen LogP contribution < -0.4 is 10.9 Å². The number of imidazole rings is 1. The van der Waals surface area contributed by atoms with Crippen molar-refractivity contribution in [3.63, 3.8) is 0 Å². The van der Waals surface area contributed by atoms with Gasteiger partial charge in [0.05, 0.1) is 19.0 Å². The number of aliphatic hydroxyl groups excluding tert-OH is 1. The van der Waals surface area contributed by atoms with Crippen LogP contribution in [0, 0.1) is 0 Å². The summed E-state index contributed by atoms with van der Waals surface area (Å²) in [7, 11) is -16.6. The molecular weight excluding hydrogens is 515 g/mol. The predicted octanol–water partition coefficient (Wildman–Crippen LogP) is -0.990. The van der Waals surface area contributed by atoms with E-state index in [0.717, 1.165) is 0 Å². The van der Waals surface area contributed by atoms with E-state index in [0.29, 0.717) is 24.7 Å². The number of ether oxygens (including phenoxy) is 1. The Balaban J connectivity index is 1.46. The van der Waals surface area contributed by atoms with Gasteiger partial charge in [-0.1, -0.05) is 0 Å². The van der Waals surface area contributed by atoms with Crippen LogP contribution in [-0.2, 0) is 38.1 Å². The third-order valence-electron chi connectivity index (χ3n) is 4.64. The van der Waals surface area contributed by atoms with E-state index in [2.05, 4.69) is 28.4 Å². The maximum atomic E-state index is 12.2. The van der Waals surface area contributed by atoms with Gasteiger partial charge in [-0.25, -0.2) is 18.7 Å². The molecule has 5 atom stereocenters. The van der Waals surface area contributed by atoms with Crippen LogP contribution in [0.5, 0.6) is 0 Å². The zero-order valence-corrected chi connectivity index (χ0v) is 19.0. The summed E-state index contributed by atoms with van der Waals surface area (Å²) in [5, 5.41) is 13.2. The number of nitrogens with zero attached hydrogens (tertiary/aromatic N) is 4. The molecule has 4 rings (SSSR count). The molecule has 1 fully saturated rings. The minimum Gasteiger partial charge on any atom is -0.390 e. The van der Waals surface area contributed by atoms with Gasteiger partial charge in [0.2, 0.25) is 5.95 Å². The summed E-state index contributed by atoms with van der Waals surface area (Å²) in [6, 6.07) is 0. The summed E-state index contributed by atoms with van der Waals surface area (Å²) in [6.45, 7) is 0.221. The summed E-state index contributed by atoms with van der Waals surface area (Å²) in [5.41, 5.74) is -0.0925. The highest BCUT2D eigenvalue weighted by molar-refractivity contribution is 7.66. The van der Waals surface area contributed by atoms with Gasteiger partial charge in [0.1, 0.15) is 12.3 Å². The molecule has 0 aromatic carbocycles. The Labute approximate surface area is 183 Å². The van der Waals surface area contributed by atoms with Crippen LogP contribution in [0.15, 0.2) is 11.1 Å². The molecule has 184 valence electrons. The maximum Gasteiger partial charge on any atom is 0.490 e. The fraction of sp³-hybridized carbons (Fsp3) is 0.583. The molecule has 6 N–H and O–H groups in total.